The second-order valence-corrected chi connectivity index (χ2v) is 5.33. The average molecular weight is 286 g/mol. The number of nitrogen functional groups attached to an aromatic ring is 1. The summed E-state index contributed by atoms with van der Waals surface area (Å²) in [7, 11) is 0. The van der Waals surface area contributed by atoms with Crippen LogP contribution >= 0.6 is 11.3 Å². The van der Waals surface area contributed by atoms with Gasteiger partial charge in [0.1, 0.15) is 0 Å². The summed E-state index contributed by atoms with van der Waals surface area (Å²) in [5.74, 6) is 1.07. The van der Waals surface area contributed by atoms with Gasteiger partial charge in [-0.15, -0.1) is 21.5 Å². The molecule has 0 radical (unpaired) electrons. The van der Waals surface area contributed by atoms with E-state index in [1.54, 1.807) is 18.3 Å². The molecule has 3 aromatic rings. The van der Waals surface area contributed by atoms with E-state index in [1.807, 2.05) is 35.7 Å². The highest BCUT2D eigenvalue weighted by atomic mass is 32.1. The molecule has 20 heavy (non-hydrogen) atoms. The van der Waals surface area contributed by atoms with Crippen LogP contribution in [0.5, 0.6) is 0 Å². The molecule has 0 unspecified atom stereocenters. The quantitative estimate of drug-likeness (QED) is 0.769. The topological polar surface area (TPSA) is 77.0 Å². The maximum absolute atomic E-state index is 5.89. The fourth-order valence-electron chi connectivity index (χ4n) is 1.90. The van der Waals surface area contributed by atoms with E-state index in [0.29, 0.717) is 18.3 Å². The number of nitrogens with zero attached hydrogens (tertiary/aromatic N) is 2. The SMILES string of the molecule is Cc1nnc(-c2ccccc2NCc2sccc2N)o1. The van der Waals surface area contributed by atoms with Crippen molar-refractivity contribution < 1.29 is 4.42 Å². The maximum atomic E-state index is 5.89. The molecular weight excluding hydrogens is 272 g/mol. The predicted molar refractivity (Wildman–Crippen MR) is 80.5 cm³/mol. The molecule has 5 nitrogen and oxygen atoms in total. The normalized spacial score (nSPS) is 10.7. The van der Waals surface area contributed by atoms with Crippen LogP contribution < -0.4 is 11.1 Å². The Balaban J connectivity index is 1.85. The number of benzene rings is 1. The Morgan fingerprint density at radius 1 is 1.25 bits per heavy atom. The highest BCUT2D eigenvalue weighted by Gasteiger charge is 2.11. The standard InChI is InChI=1S/C14H14N4OS/c1-9-17-18-14(19-9)10-4-2-3-5-12(10)16-8-13-11(15)6-7-20-13/h2-7,16H,8,15H2,1H3. The Bertz CT molecular complexity index is 719. The number of anilines is 2. The molecule has 2 heterocycles. The molecule has 6 heteroatoms. The molecule has 0 fully saturated rings. The van der Waals surface area contributed by atoms with Gasteiger partial charge in [-0.05, 0) is 23.6 Å². The number of hydrogen-bond donors (Lipinski definition) is 2. The lowest BCUT2D eigenvalue weighted by Crippen LogP contribution is -2.01. The number of rotatable bonds is 4. The molecule has 3 N–H and O–H groups in total. The summed E-state index contributed by atoms with van der Waals surface area (Å²) in [5, 5.41) is 13.3. The van der Waals surface area contributed by atoms with E-state index < -0.39 is 0 Å². The number of hydrogen-bond acceptors (Lipinski definition) is 6. The summed E-state index contributed by atoms with van der Waals surface area (Å²) in [5.41, 5.74) is 8.54. The Morgan fingerprint density at radius 3 is 2.80 bits per heavy atom. The van der Waals surface area contributed by atoms with Gasteiger partial charge in [0, 0.05) is 23.2 Å². The minimum atomic E-state index is 0.518. The highest BCUT2D eigenvalue weighted by Crippen LogP contribution is 2.28. The van der Waals surface area contributed by atoms with Gasteiger partial charge in [0.15, 0.2) is 0 Å². The van der Waals surface area contributed by atoms with Gasteiger partial charge >= 0.3 is 0 Å². The monoisotopic (exact) mass is 286 g/mol. The van der Waals surface area contributed by atoms with Crippen LogP contribution in [0.25, 0.3) is 11.5 Å². The van der Waals surface area contributed by atoms with Crippen LogP contribution in [0.15, 0.2) is 40.1 Å². The lowest BCUT2D eigenvalue weighted by molar-refractivity contribution is 0.533. The second kappa shape index (κ2) is 5.34. The Morgan fingerprint density at radius 2 is 2.10 bits per heavy atom. The number of nitrogens with two attached hydrogens (primary N) is 1. The zero-order valence-electron chi connectivity index (χ0n) is 11.0. The van der Waals surface area contributed by atoms with Gasteiger partial charge in [-0.3, -0.25) is 0 Å². The number of thiophene rings is 1. The number of aryl methyl sites for hydroxylation is 1. The van der Waals surface area contributed by atoms with E-state index >= 15 is 0 Å². The Kier molecular flexibility index (Phi) is 3.39. The van der Waals surface area contributed by atoms with Crippen molar-refractivity contribution in [3.05, 3.63) is 46.5 Å². The fourth-order valence-corrected chi connectivity index (χ4v) is 2.64. The summed E-state index contributed by atoms with van der Waals surface area (Å²) in [4.78, 5) is 1.11. The summed E-state index contributed by atoms with van der Waals surface area (Å²) in [6.07, 6.45) is 0. The predicted octanol–water partition coefficient (Wildman–Crippen LogP) is 3.30. The van der Waals surface area contributed by atoms with Gasteiger partial charge in [0.05, 0.1) is 12.1 Å². The molecule has 3 rings (SSSR count). The van der Waals surface area contributed by atoms with Crippen LogP contribution in [0, 0.1) is 6.92 Å². The maximum Gasteiger partial charge on any atom is 0.249 e. The minimum Gasteiger partial charge on any atom is -0.421 e. The first-order chi connectivity index (χ1) is 9.74. The zero-order valence-corrected chi connectivity index (χ0v) is 11.8. The highest BCUT2D eigenvalue weighted by molar-refractivity contribution is 7.10. The van der Waals surface area contributed by atoms with Gasteiger partial charge in [-0.25, -0.2) is 0 Å². The third kappa shape index (κ3) is 2.50. The molecule has 0 atom stereocenters. The third-order valence-electron chi connectivity index (χ3n) is 2.90. The fraction of sp³-hybridized carbons (Fsp3) is 0.143. The molecular formula is C14H14N4OS. The Labute approximate surface area is 120 Å². The van der Waals surface area contributed by atoms with Crippen LogP contribution in [0.4, 0.5) is 11.4 Å². The third-order valence-corrected chi connectivity index (χ3v) is 3.84. The summed E-state index contributed by atoms with van der Waals surface area (Å²) in [6, 6.07) is 9.76. The molecule has 1 aromatic carbocycles. The lowest BCUT2D eigenvalue weighted by atomic mass is 10.1. The van der Waals surface area contributed by atoms with Crippen LogP contribution in [0.1, 0.15) is 10.8 Å². The molecule has 102 valence electrons. The van der Waals surface area contributed by atoms with Crippen molar-refractivity contribution in [1.82, 2.24) is 10.2 Å². The molecule has 0 aliphatic rings. The van der Waals surface area contributed by atoms with Gasteiger partial charge < -0.3 is 15.5 Å². The van der Waals surface area contributed by atoms with Crippen molar-refractivity contribution in [2.45, 2.75) is 13.5 Å². The minimum absolute atomic E-state index is 0.518. The summed E-state index contributed by atoms with van der Waals surface area (Å²) in [6.45, 7) is 2.45. The molecule has 0 aliphatic carbocycles. The number of aromatic nitrogens is 2. The molecule has 0 saturated heterocycles. The van der Waals surface area contributed by atoms with E-state index in [0.717, 1.165) is 21.8 Å². The molecule has 0 saturated carbocycles. The van der Waals surface area contributed by atoms with Crippen LogP contribution in [-0.4, -0.2) is 10.2 Å². The van der Waals surface area contributed by atoms with E-state index in [9.17, 15) is 0 Å². The van der Waals surface area contributed by atoms with E-state index in [4.69, 9.17) is 10.2 Å². The van der Waals surface area contributed by atoms with Crippen LogP contribution in [0.2, 0.25) is 0 Å². The Hall–Kier alpha value is -2.34. The van der Waals surface area contributed by atoms with E-state index in [1.165, 1.54) is 0 Å². The van der Waals surface area contributed by atoms with Crippen molar-refractivity contribution in [3.63, 3.8) is 0 Å². The first kappa shape index (κ1) is 12.7. The van der Waals surface area contributed by atoms with Crippen molar-refractivity contribution in [3.8, 4) is 11.5 Å². The smallest absolute Gasteiger partial charge is 0.249 e. The molecule has 0 bridgehead atoms. The van der Waals surface area contributed by atoms with Gasteiger partial charge in [0.25, 0.3) is 0 Å². The van der Waals surface area contributed by atoms with Crippen molar-refractivity contribution in [2.24, 2.45) is 0 Å². The largest absolute Gasteiger partial charge is 0.421 e. The molecule has 0 spiro atoms. The number of para-hydroxylation sites is 1. The van der Waals surface area contributed by atoms with Gasteiger partial charge in [0.2, 0.25) is 11.8 Å². The summed E-state index contributed by atoms with van der Waals surface area (Å²) >= 11 is 1.64. The van der Waals surface area contributed by atoms with Gasteiger partial charge in [-0.1, -0.05) is 12.1 Å². The summed E-state index contributed by atoms with van der Waals surface area (Å²) < 4.78 is 5.49. The molecule has 0 amide bonds. The van der Waals surface area contributed by atoms with E-state index in [2.05, 4.69) is 15.5 Å². The van der Waals surface area contributed by atoms with Crippen LogP contribution in [-0.2, 0) is 6.54 Å². The lowest BCUT2D eigenvalue weighted by Gasteiger charge is -2.09. The first-order valence-corrected chi connectivity index (χ1v) is 7.07. The van der Waals surface area contributed by atoms with Crippen molar-refractivity contribution >= 4 is 22.7 Å². The zero-order chi connectivity index (χ0) is 13.9. The van der Waals surface area contributed by atoms with Crippen molar-refractivity contribution in [1.29, 1.82) is 0 Å². The average Bonchev–Trinajstić information content (AvgIpc) is 3.06. The number of nitrogens with one attached hydrogen (secondary N) is 1. The second-order valence-electron chi connectivity index (χ2n) is 4.32. The molecule has 2 aromatic heterocycles. The van der Waals surface area contributed by atoms with Gasteiger partial charge in [-0.2, -0.15) is 0 Å². The molecule has 0 aliphatic heterocycles. The van der Waals surface area contributed by atoms with Crippen molar-refractivity contribution in [2.75, 3.05) is 11.1 Å². The van der Waals surface area contributed by atoms with E-state index in [-0.39, 0.29) is 0 Å². The van der Waals surface area contributed by atoms with Crippen LogP contribution in [0.3, 0.4) is 0 Å². The first-order valence-electron chi connectivity index (χ1n) is 6.19.